The van der Waals surface area contributed by atoms with Crippen molar-refractivity contribution in [3.05, 3.63) is 95.1 Å². The van der Waals surface area contributed by atoms with Gasteiger partial charge in [0, 0.05) is 5.56 Å². The molecule has 136 valence electrons. The molecule has 0 bridgehead atoms. The number of aryl methyl sites for hydroxylation is 1. The fourth-order valence-electron chi connectivity index (χ4n) is 2.38. The number of hydrazone groups is 1. The zero-order valence-electron chi connectivity index (χ0n) is 14.9. The van der Waals surface area contributed by atoms with Gasteiger partial charge in [0.15, 0.2) is 0 Å². The third-order valence-electron chi connectivity index (χ3n) is 3.89. The molecule has 0 radical (unpaired) electrons. The zero-order chi connectivity index (χ0) is 19.1. The van der Waals surface area contributed by atoms with Crippen LogP contribution in [0.15, 0.2) is 77.9 Å². The Morgan fingerprint density at radius 3 is 2.52 bits per heavy atom. The van der Waals surface area contributed by atoms with E-state index in [2.05, 4.69) is 29.6 Å². The highest BCUT2D eigenvalue weighted by Crippen LogP contribution is 2.14. The van der Waals surface area contributed by atoms with Gasteiger partial charge in [0.05, 0.1) is 6.21 Å². The normalized spacial score (nSPS) is 10.7. The van der Waals surface area contributed by atoms with E-state index >= 15 is 0 Å². The summed E-state index contributed by atoms with van der Waals surface area (Å²) in [6, 6.07) is 21.7. The standard InChI is InChI=1S/C22H20N2O3/c1-16-5-7-18(8-6-16)15-27-21-11-9-17(10-12-21)14-23-24-22(26)19-3-2-4-20(25)13-19/h2-14,25H,15H2,1H3,(H,24,26)/b23-14-. The fraction of sp³-hybridized carbons (Fsp3) is 0.0909. The molecule has 0 fully saturated rings. The molecule has 0 heterocycles. The van der Waals surface area contributed by atoms with Crippen LogP contribution in [-0.2, 0) is 6.61 Å². The lowest BCUT2D eigenvalue weighted by molar-refractivity contribution is 0.0954. The Hall–Kier alpha value is -3.60. The largest absolute Gasteiger partial charge is 0.508 e. The Labute approximate surface area is 157 Å². The molecule has 27 heavy (non-hydrogen) atoms. The van der Waals surface area contributed by atoms with Crippen molar-refractivity contribution < 1.29 is 14.6 Å². The van der Waals surface area contributed by atoms with E-state index in [9.17, 15) is 9.90 Å². The summed E-state index contributed by atoms with van der Waals surface area (Å²) < 4.78 is 5.76. The van der Waals surface area contributed by atoms with E-state index in [4.69, 9.17) is 4.74 Å². The molecule has 0 atom stereocenters. The van der Waals surface area contributed by atoms with E-state index in [0.29, 0.717) is 12.2 Å². The first kappa shape index (κ1) is 18.2. The molecule has 3 aromatic carbocycles. The van der Waals surface area contributed by atoms with E-state index in [-0.39, 0.29) is 11.7 Å². The Morgan fingerprint density at radius 1 is 1.07 bits per heavy atom. The smallest absolute Gasteiger partial charge is 0.271 e. The summed E-state index contributed by atoms with van der Waals surface area (Å²) in [5.41, 5.74) is 5.93. The number of amides is 1. The number of aromatic hydroxyl groups is 1. The van der Waals surface area contributed by atoms with E-state index in [1.807, 2.05) is 36.4 Å². The van der Waals surface area contributed by atoms with Crippen molar-refractivity contribution in [3.8, 4) is 11.5 Å². The topological polar surface area (TPSA) is 70.9 Å². The van der Waals surface area contributed by atoms with Gasteiger partial charge < -0.3 is 9.84 Å². The molecule has 3 rings (SSSR count). The highest BCUT2D eigenvalue weighted by molar-refractivity contribution is 5.95. The lowest BCUT2D eigenvalue weighted by Gasteiger charge is -2.07. The molecule has 0 aliphatic carbocycles. The van der Waals surface area contributed by atoms with Gasteiger partial charge in [-0.1, -0.05) is 35.9 Å². The predicted octanol–water partition coefficient (Wildman–Crippen LogP) is 4.04. The number of phenolic OH excluding ortho intramolecular Hbond substituents is 1. The van der Waals surface area contributed by atoms with E-state index in [1.54, 1.807) is 18.3 Å². The Kier molecular flexibility index (Phi) is 5.84. The average Bonchev–Trinajstić information content (AvgIpc) is 2.68. The molecule has 0 aromatic heterocycles. The predicted molar refractivity (Wildman–Crippen MR) is 105 cm³/mol. The molecule has 2 N–H and O–H groups in total. The molecule has 0 aliphatic heterocycles. The summed E-state index contributed by atoms with van der Waals surface area (Å²) in [6.07, 6.45) is 1.55. The van der Waals surface area contributed by atoms with Gasteiger partial charge in [-0.05, 0) is 60.5 Å². The van der Waals surface area contributed by atoms with Gasteiger partial charge in [0.25, 0.3) is 5.91 Å². The van der Waals surface area contributed by atoms with Gasteiger partial charge in [-0.15, -0.1) is 0 Å². The number of hydrogen-bond acceptors (Lipinski definition) is 4. The quantitative estimate of drug-likeness (QED) is 0.515. The number of carbonyl (C=O) groups excluding carboxylic acids is 1. The van der Waals surface area contributed by atoms with E-state index in [0.717, 1.165) is 16.9 Å². The van der Waals surface area contributed by atoms with Crippen LogP contribution in [0.2, 0.25) is 0 Å². The molecule has 0 saturated carbocycles. The number of carbonyl (C=O) groups is 1. The Morgan fingerprint density at radius 2 is 1.81 bits per heavy atom. The first-order valence-corrected chi connectivity index (χ1v) is 8.51. The molecule has 5 heteroatoms. The van der Waals surface area contributed by atoms with Crippen LogP contribution in [0.1, 0.15) is 27.0 Å². The van der Waals surface area contributed by atoms with Crippen molar-refractivity contribution in [1.29, 1.82) is 0 Å². The van der Waals surface area contributed by atoms with Crippen molar-refractivity contribution in [2.45, 2.75) is 13.5 Å². The van der Waals surface area contributed by atoms with Crippen molar-refractivity contribution in [3.63, 3.8) is 0 Å². The second-order valence-electron chi connectivity index (χ2n) is 6.09. The first-order valence-electron chi connectivity index (χ1n) is 8.51. The van der Waals surface area contributed by atoms with Crippen LogP contribution in [0.3, 0.4) is 0 Å². The molecule has 5 nitrogen and oxygen atoms in total. The minimum Gasteiger partial charge on any atom is -0.508 e. The van der Waals surface area contributed by atoms with E-state index < -0.39 is 0 Å². The van der Waals surface area contributed by atoms with Crippen LogP contribution in [0.5, 0.6) is 11.5 Å². The summed E-state index contributed by atoms with van der Waals surface area (Å²) in [6.45, 7) is 2.56. The molecule has 0 spiro atoms. The van der Waals surface area contributed by atoms with Crippen LogP contribution < -0.4 is 10.2 Å². The number of benzene rings is 3. The summed E-state index contributed by atoms with van der Waals surface area (Å²) in [7, 11) is 0. The third kappa shape index (κ3) is 5.44. The third-order valence-corrected chi connectivity index (χ3v) is 3.89. The van der Waals surface area contributed by atoms with Crippen LogP contribution in [0.25, 0.3) is 0 Å². The monoisotopic (exact) mass is 360 g/mol. The summed E-state index contributed by atoms with van der Waals surface area (Å²) in [4.78, 5) is 11.9. The lowest BCUT2D eigenvalue weighted by Crippen LogP contribution is -2.17. The van der Waals surface area contributed by atoms with Gasteiger partial charge in [0.1, 0.15) is 18.1 Å². The van der Waals surface area contributed by atoms with Gasteiger partial charge in [-0.3, -0.25) is 4.79 Å². The number of ether oxygens (including phenoxy) is 1. The highest BCUT2D eigenvalue weighted by Gasteiger charge is 2.04. The summed E-state index contributed by atoms with van der Waals surface area (Å²) in [5.74, 6) is 0.407. The molecular formula is C22H20N2O3. The fourth-order valence-corrected chi connectivity index (χ4v) is 2.38. The second kappa shape index (κ2) is 8.67. The van der Waals surface area contributed by atoms with Crippen molar-refractivity contribution >= 4 is 12.1 Å². The van der Waals surface area contributed by atoms with Gasteiger partial charge in [-0.2, -0.15) is 5.10 Å². The molecule has 0 unspecified atom stereocenters. The first-order chi connectivity index (χ1) is 13.1. The van der Waals surface area contributed by atoms with Crippen molar-refractivity contribution in [1.82, 2.24) is 5.43 Å². The average molecular weight is 360 g/mol. The van der Waals surface area contributed by atoms with Crippen molar-refractivity contribution in [2.24, 2.45) is 5.10 Å². The maximum Gasteiger partial charge on any atom is 0.271 e. The number of nitrogens with zero attached hydrogens (tertiary/aromatic N) is 1. The van der Waals surface area contributed by atoms with Crippen LogP contribution in [0, 0.1) is 6.92 Å². The summed E-state index contributed by atoms with van der Waals surface area (Å²) in [5, 5.41) is 13.3. The molecule has 0 aliphatic rings. The molecule has 3 aromatic rings. The van der Waals surface area contributed by atoms with Crippen molar-refractivity contribution in [2.75, 3.05) is 0 Å². The number of nitrogens with one attached hydrogen (secondary N) is 1. The van der Waals surface area contributed by atoms with Gasteiger partial charge >= 0.3 is 0 Å². The zero-order valence-corrected chi connectivity index (χ0v) is 14.9. The Balaban J connectivity index is 1.51. The molecular weight excluding hydrogens is 340 g/mol. The number of rotatable bonds is 6. The highest BCUT2D eigenvalue weighted by atomic mass is 16.5. The molecule has 1 amide bonds. The van der Waals surface area contributed by atoms with Gasteiger partial charge in [-0.25, -0.2) is 5.43 Å². The van der Waals surface area contributed by atoms with Crippen LogP contribution in [0.4, 0.5) is 0 Å². The maximum atomic E-state index is 11.9. The van der Waals surface area contributed by atoms with Gasteiger partial charge in [0.2, 0.25) is 0 Å². The lowest BCUT2D eigenvalue weighted by atomic mass is 10.2. The molecule has 0 saturated heterocycles. The minimum atomic E-state index is -0.389. The summed E-state index contributed by atoms with van der Waals surface area (Å²) >= 11 is 0. The maximum absolute atomic E-state index is 11.9. The number of hydrogen-bond donors (Lipinski definition) is 2. The Bertz CT molecular complexity index is 933. The van der Waals surface area contributed by atoms with Crippen LogP contribution >= 0.6 is 0 Å². The van der Waals surface area contributed by atoms with Crippen LogP contribution in [-0.4, -0.2) is 17.2 Å². The van der Waals surface area contributed by atoms with E-state index in [1.165, 1.54) is 17.7 Å². The second-order valence-corrected chi connectivity index (χ2v) is 6.09. The minimum absolute atomic E-state index is 0.0351. The number of phenols is 1. The SMILES string of the molecule is Cc1ccc(COc2ccc(/C=N\NC(=O)c3cccc(O)c3)cc2)cc1.